The Morgan fingerprint density at radius 1 is 1.50 bits per heavy atom. The van der Waals surface area contributed by atoms with E-state index in [0.717, 1.165) is 12.6 Å². The number of guanidine groups is 1. The highest BCUT2D eigenvalue weighted by atomic mass is 16.5. The van der Waals surface area contributed by atoms with Gasteiger partial charge in [0.15, 0.2) is 5.96 Å². The number of nitrogens with zero attached hydrogens (tertiary/aromatic N) is 2. The van der Waals surface area contributed by atoms with Gasteiger partial charge in [0.05, 0.1) is 6.61 Å². The molecule has 104 valence electrons. The molecule has 2 unspecified atom stereocenters. The SMILES string of the molecule is COCC(C)NC(N)=NCC1CCN(C2CC2)C1. The molecule has 0 amide bonds. The van der Waals surface area contributed by atoms with Crippen LogP contribution in [0.15, 0.2) is 4.99 Å². The summed E-state index contributed by atoms with van der Waals surface area (Å²) in [5.41, 5.74) is 5.86. The molecule has 1 heterocycles. The topological polar surface area (TPSA) is 62.9 Å². The number of hydrogen-bond acceptors (Lipinski definition) is 3. The van der Waals surface area contributed by atoms with Gasteiger partial charge in [-0.25, -0.2) is 0 Å². The predicted octanol–water partition coefficient (Wildman–Crippen LogP) is 0.410. The zero-order chi connectivity index (χ0) is 13.0. The minimum absolute atomic E-state index is 0.213. The number of rotatable bonds is 6. The molecule has 0 spiro atoms. The van der Waals surface area contributed by atoms with Crippen molar-refractivity contribution in [2.75, 3.05) is 33.4 Å². The van der Waals surface area contributed by atoms with E-state index in [1.165, 1.54) is 32.4 Å². The van der Waals surface area contributed by atoms with Crippen molar-refractivity contribution < 1.29 is 4.74 Å². The highest BCUT2D eigenvalue weighted by Gasteiger charge is 2.34. The van der Waals surface area contributed by atoms with Crippen molar-refractivity contribution in [1.82, 2.24) is 10.2 Å². The molecule has 3 N–H and O–H groups in total. The first-order valence-corrected chi connectivity index (χ1v) is 6.98. The zero-order valence-corrected chi connectivity index (χ0v) is 11.6. The zero-order valence-electron chi connectivity index (χ0n) is 11.6. The monoisotopic (exact) mass is 254 g/mol. The van der Waals surface area contributed by atoms with Gasteiger partial charge in [0, 0.05) is 32.3 Å². The van der Waals surface area contributed by atoms with Crippen molar-refractivity contribution in [2.24, 2.45) is 16.6 Å². The van der Waals surface area contributed by atoms with Gasteiger partial charge < -0.3 is 20.7 Å². The molecule has 18 heavy (non-hydrogen) atoms. The molecule has 2 fully saturated rings. The summed E-state index contributed by atoms with van der Waals surface area (Å²) in [6, 6.07) is 1.10. The Morgan fingerprint density at radius 2 is 2.28 bits per heavy atom. The molecule has 1 aliphatic carbocycles. The van der Waals surface area contributed by atoms with Crippen LogP contribution in [-0.4, -0.2) is 56.3 Å². The van der Waals surface area contributed by atoms with Crippen molar-refractivity contribution >= 4 is 5.96 Å². The van der Waals surface area contributed by atoms with Crippen molar-refractivity contribution in [3.05, 3.63) is 0 Å². The second kappa shape index (κ2) is 6.38. The van der Waals surface area contributed by atoms with Gasteiger partial charge in [0.1, 0.15) is 0 Å². The summed E-state index contributed by atoms with van der Waals surface area (Å²) < 4.78 is 5.05. The van der Waals surface area contributed by atoms with Gasteiger partial charge >= 0.3 is 0 Å². The molecule has 0 aromatic heterocycles. The molecule has 5 heteroatoms. The standard InChI is InChI=1S/C13H26N4O/c1-10(9-18-2)16-13(14)15-7-11-5-6-17(8-11)12-3-4-12/h10-12H,3-9H2,1-2H3,(H3,14,15,16). The Bertz CT molecular complexity index is 291. The highest BCUT2D eigenvalue weighted by Crippen LogP contribution is 2.31. The third-order valence-corrected chi connectivity index (χ3v) is 3.71. The van der Waals surface area contributed by atoms with Gasteiger partial charge in [-0.05, 0) is 38.6 Å². The van der Waals surface area contributed by atoms with E-state index in [-0.39, 0.29) is 6.04 Å². The lowest BCUT2D eigenvalue weighted by molar-refractivity contribution is 0.179. The molecule has 0 aromatic carbocycles. The van der Waals surface area contributed by atoms with E-state index >= 15 is 0 Å². The van der Waals surface area contributed by atoms with Crippen LogP contribution in [0, 0.1) is 5.92 Å². The van der Waals surface area contributed by atoms with Crippen LogP contribution >= 0.6 is 0 Å². The maximum atomic E-state index is 5.86. The summed E-state index contributed by atoms with van der Waals surface area (Å²) in [4.78, 5) is 7.05. The van der Waals surface area contributed by atoms with Crippen LogP contribution in [0.25, 0.3) is 0 Å². The molecule has 2 rings (SSSR count). The second-order valence-corrected chi connectivity index (χ2v) is 5.61. The van der Waals surface area contributed by atoms with E-state index in [9.17, 15) is 0 Å². The average molecular weight is 254 g/mol. The summed E-state index contributed by atoms with van der Waals surface area (Å²) >= 11 is 0. The summed E-state index contributed by atoms with van der Waals surface area (Å²) in [6.45, 7) is 5.99. The van der Waals surface area contributed by atoms with Crippen LogP contribution in [-0.2, 0) is 4.74 Å². The van der Waals surface area contributed by atoms with E-state index < -0.39 is 0 Å². The van der Waals surface area contributed by atoms with Gasteiger partial charge in [-0.15, -0.1) is 0 Å². The lowest BCUT2D eigenvalue weighted by atomic mass is 10.1. The molecule has 0 radical (unpaired) electrons. The van der Waals surface area contributed by atoms with Crippen LogP contribution in [0.5, 0.6) is 0 Å². The smallest absolute Gasteiger partial charge is 0.188 e. The van der Waals surface area contributed by atoms with E-state index in [1.54, 1.807) is 7.11 Å². The molecule has 5 nitrogen and oxygen atoms in total. The first-order valence-electron chi connectivity index (χ1n) is 6.98. The van der Waals surface area contributed by atoms with Gasteiger partial charge in [0.2, 0.25) is 0 Å². The Labute approximate surface area is 110 Å². The largest absolute Gasteiger partial charge is 0.383 e. The van der Waals surface area contributed by atoms with Crippen molar-refractivity contribution in [2.45, 2.75) is 38.3 Å². The Balaban J connectivity index is 1.66. The maximum Gasteiger partial charge on any atom is 0.188 e. The summed E-state index contributed by atoms with van der Waals surface area (Å²) in [5.74, 6) is 1.23. The minimum Gasteiger partial charge on any atom is -0.383 e. The van der Waals surface area contributed by atoms with Crippen LogP contribution in [0.2, 0.25) is 0 Å². The summed E-state index contributed by atoms with van der Waals surface area (Å²) in [7, 11) is 1.69. The minimum atomic E-state index is 0.213. The fourth-order valence-electron chi connectivity index (χ4n) is 2.60. The van der Waals surface area contributed by atoms with E-state index in [2.05, 4.69) is 15.2 Å². The fourth-order valence-corrected chi connectivity index (χ4v) is 2.60. The van der Waals surface area contributed by atoms with Crippen molar-refractivity contribution in [1.29, 1.82) is 0 Å². The Hall–Kier alpha value is -0.810. The fraction of sp³-hybridized carbons (Fsp3) is 0.923. The number of hydrogen-bond donors (Lipinski definition) is 2. The molecule has 2 atom stereocenters. The predicted molar refractivity (Wildman–Crippen MR) is 73.7 cm³/mol. The maximum absolute atomic E-state index is 5.86. The lowest BCUT2D eigenvalue weighted by Gasteiger charge is -2.15. The van der Waals surface area contributed by atoms with Crippen molar-refractivity contribution in [3.8, 4) is 0 Å². The van der Waals surface area contributed by atoms with Crippen molar-refractivity contribution in [3.63, 3.8) is 0 Å². The van der Waals surface area contributed by atoms with Crippen LogP contribution in [0.4, 0.5) is 0 Å². The molecule has 2 aliphatic rings. The number of nitrogens with two attached hydrogens (primary N) is 1. The van der Waals surface area contributed by atoms with E-state index in [0.29, 0.717) is 18.5 Å². The number of methoxy groups -OCH3 is 1. The Kier molecular flexibility index (Phi) is 4.83. The molecule has 0 aromatic rings. The molecular weight excluding hydrogens is 228 g/mol. The number of aliphatic imine (C=N–C) groups is 1. The third kappa shape index (κ3) is 4.14. The second-order valence-electron chi connectivity index (χ2n) is 5.61. The normalized spacial score (nSPS) is 27.4. The van der Waals surface area contributed by atoms with Crippen LogP contribution in [0.1, 0.15) is 26.2 Å². The molecule has 1 saturated heterocycles. The number of ether oxygens (including phenoxy) is 1. The van der Waals surface area contributed by atoms with Gasteiger partial charge in [-0.2, -0.15) is 0 Å². The molecule has 1 saturated carbocycles. The quantitative estimate of drug-likeness (QED) is 0.532. The average Bonchev–Trinajstić information content (AvgIpc) is 3.06. The van der Waals surface area contributed by atoms with Gasteiger partial charge in [0.25, 0.3) is 0 Å². The van der Waals surface area contributed by atoms with Crippen LogP contribution in [0.3, 0.4) is 0 Å². The van der Waals surface area contributed by atoms with Gasteiger partial charge in [-0.3, -0.25) is 4.99 Å². The first kappa shape index (κ1) is 13.6. The Morgan fingerprint density at radius 3 is 2.94 bits per heavy atom. The number of likely N-dealkylation sites (tertiary alicyclic amines) is 1. The molecule has 1 aliphatic heterocycles. The summed E-state index contributed by atoms with van der Waals surface area (Å²) in [5, 5.41) is 3.14. The van der Waals surface area contributed by atoms with Gasteiger partial charge in [-0.1, -0.05) is 0 Å². The van der Waals surface area contributed by atoms with Crippen LogP contribution < -0.4 is 11.1 Å². The third-order valence-electron chi connectivity index (χ3n) is 3.71. The summed E-state index contributed by atoms with van der Waals surface area (Å²) in [6.07, 6.45) is 4.06. The molecule has 0 bridgehead atoms. The lowest BCUT2D eigenvalue weighted by Crippen LogP contribution is -2.41. The highest BCUT2D eigenvalue weighted by molar-refractivity contribution is 5.78. The number of nitrogens with one attached hydrogen (secondary N) is 1. The van der Waals surface area contributed by atoms with E-state index in [4.69, 9.17) is 10.5 Å². The molecular formula is C13H26N4O. The van der Waals surface area contributed by atoms with E-state index in [1.807, 2.05) is 6.92 Å². The first-order chi connectivity index (χ1) is 8.69.